The topological polar surface area (TPSA) is 66.0 Å². The number of anilines is 2. The molecule has 0 unspecified atom stereocenters. The summed E-state index contributed by atoms with van der Waals surface area (Å²) >= 11 is 0. The number of hydrogen-bond acceptors (Lipinski definition) is 8. The van der Waals surface area contributed by atoms with Gasteiger partial charge in [0.2, 0.25) is 5.95 Å². The summed E-state index contributed by atoms with van der Waals surface area (Å²) in [5, 5.41) is 4.81. The second-order valence-electron chi connectivity index (χ2n) is 12.7. The van der Waals surface area contributed by atoms with Gasteiger partial charge in [0.05, 0.1) is 5.52 Å². The van der Waals surface area contributed by atoms with Crippen molar-refractivity contribution in [3.63, 3.8) is 0 Å². The van der Waals surface area contributed by atoms with Gasteiger partial charge < -0.3 is 24.6 Å². The summed E-state index contributed by atoms with van der Waals surface area (Å²) in [5.41, 5.74) is 4.42. The van der Waals surface area contributed by atoms with Gasteiger partial charge in [-0.05, 0) is 42.6 Å². The molecule has 0 radical (unpaired) electrons. The monoisotopic (exact) mass is 628 g/mol. The highest BCUT2D eigenvalue weighted by Gasteiger charge is 2.24. The number of likely N-dealkylation sites (tertiary alicyclic amines) is 1. The number of hydrogen-bond donors (Lipinski definition) is 1. The maximum Gasteiger partial charge on any atom is 0.227 e. The fourth-order valence-corrected chi connectivity index (χ4v) is 6.35. The number of nitrogens with zero attached hydrogens (tertiary/aromatic N) is 5. The molecule has 2 saturated heterocycles. The number of nitrogens with one attached hydrogen (secondary N) is 1. The van der Waals surface area contributed by atoms with Crippen molar-refractivity contribution in [2.24, 2.45) is 0 Å². The summed E-state index contributed by atoms with van der Waals surface area (Å²) in [6.07, 6.45) is 2.11. The quantitative estimate of drug-likeness (QED) is 0.175. The lowest BCUT2D eigenvalue weighted by Crippen LogP contribution is -2.45. The van der Waals surface area contributed by atoms with Crippen LogP contribution in [0.3, 0.4) is 0 Å². The van der Waals surface area contributed by atoms with Crippen LogP contribution in [-0.4, -0.2) is 72.1 Å². The van der Waals surface area contributed by atoms with Crippen LogP contribution in [0, 0.1) is 0 Å². The van der Waals surface area contributed by atoms with Gasteiger partial charge in [0, 0.05) is 63.3 Å². The Morgan fingerprint density at radius 1 is 0.660 bits per heavy atom. The zero-order valence-corrected chi connectivity index (χ0v) is 27.2. The summed E-state index contributed by atoms with van der Waals surface area (Å²) < 4.78 is 12.9. The van der Waals surface area contributed by atoms with E-state index >= 15 is 0 Å². The third-order valence-electron chi connectivity index (χ3n) is 9.19. The Labute approximate surface area is 278 Å². The fraction of sp³-hybridized carbons (Fsp3) is 0.333. The zero-order chi connectivity index (χ0) is 31.8. The van der Waals surface area contributed by atoms with Gasteiger partial charge in [0.25, 0.3) is 0 Å². The summed E-state index contributed by atoms with van der Waals surface area (Å²) in [5.74, 6) is 3.00. The highest BCUT2D eigenvalue weighted by atomic mass is 16.5. The first kappa shape index (κ1) is 31.0. The van der Waals surface area contributed by atoms with Gasteiger partial charge in [-0.2, -0.15) is 4.98 Å². The highest BCUT2D eigenvalue weighted by Crippen LogP contribution is 2.37. The molecule has 0 atom stereocenters. The molecule has 0 aliphatic carbocycles. The van der Waals surface area contributed by atoms with Gasteiger partial charge in [-0.15, -0.1) is 0 Å². The highest BCUT2D eigenvalue weighted by molar-refractivity contribution is 5.93. The van der Waals surface area contributed by atoms with Crippen LogP contribution in [0.25, 0.3) is 10.9 Å². The predicted molar refractivity (Wildman–Crippen MR) is 189 cm³/mol. The molecule has 2 fully saturated rings. The lowest BCUT2D eigenvalue weighted by molar-refractivity contribution is 0.211. The lowest BCUT2D eigenvalue weighted by Gasteiger charge is -2.34. The van der Waals surface area contributed by atoms with E-state index in [-0.39, 0.29) is 0 Å². The van der Waals surface area contributed by atoms with E-state index in [9.17, 15) is 0 Å². The molecule has 47 heavy (non-hydrogen) atoms. The average Bonchev–Trinajstić information content (AvgIpc) is 3.12. The molecule has 1 aromatic heterocycles. The molecule has 2 aliphatic rings. The molecule has 7 rings (SSSR count). The van der Waals surface area contributed by atoms with Crippen molar-refractivity contribution in [2.45, 2.75) is 38.6 Å². The maximum absolute atomic E-state index is 6.46. The Kier molecular flexibility index (Phi) is 9.77. The van der Waals surface area contributed by atoms with Gasteiger partial charge >= 0.3 is 0 Å². The van der Waals surface area contributed by atoms with Gasteiger partial charge in [-0.3, -0.25) is 4.90 Å². The molecule has 0 amide bonds. The summed E-state index contributed by atoms with van der Waals surface area (Å²) in [6.45, 7) is 7.74. The van der Waals surface area contributed by atoms with Gasteiger partial charge in [-0.1, -0.05) is 91.0 Å². The van der Waals surface area contributed by atoms with Crippen LogP contribution in [0.4, 0.5) is 11.8 Å². The van der Waals surface area contributed by atoms with E-state index in [2.05, 4.69) is 87.7 Å². The third-order valence-corrected chi connectivity index (χ3v) is 9.19. The Balaban J connectivity index is 1.18. The molecule has 8 nitrogen and oxygen atoms in total. The number of likely N-dealkylation sites (N-methyl/N-ethyl adjacent to an activating group) is 1. The first-order chi connectivity index (χ1) is 23.2. The molecule has 8 heteroatoms. The number of rotatable bonds is 11. The molecule has 242 valence electrons. The van der Waals surface area contributed by atoms with Crippen molar-refractivity contribution >= 4 is 22.7 Å². The zero-order valence-electron chi connectivity index (χ0n) is 27.2. The number of fused-ring (bicyclic) bond motifs is 1. The van der Waals surface area contributed by atoms with Crippen molar-refractivity contribution in [2.75, 3.05) is 56.5 Å². The number of piperidine rings is 1. The van der Waals surface area contributed by atoms with E-state index < -0.39 is 0 Å². The van der Waals surface area contributed by atoms with Crippen LogP contribution >= 0.6 is 0 Å². The van der Waals surface area contributed by atoms with Crippen molar-refractivity contribution < 1.29 is 9.47 Å². The van der Waals surface area contributed by atoms with Crippen LogP contribution in [0.2, 0.25) is 0 Å². The van der Waals surface area contributed by atoms with E-state index in [1.165, 1.54) is 5.56 Å². The van der Waals surface area contributed by atoms with Gasteiger partial charge in [0.1, 0.15) is 19.0 Å². The Morgan fingerprint density at radius 3 is 1.81 bits per heavy atom. The number of piperazine rings is 1. The van der Waals surface area contributed by atoms with Gasteiger partial charge in [-0.25, -0.2) is 4.98 Å². The minimum Gasteiger partial charge on any atom is -0.485 e. The second kappa shape index (κ2) is 14.8. The molecule has 2 aliphatic heterocycles. The molecular weight excluding hydrogens is 584 g/mol. The minimum absolute atomic E-state index is 0.322. The van der Waals surface area contributed by atoms with Crippen LogP contribution in [0.5, 0.6) is 11.5 Å². The van der Waals surface area contributed by atoms with Crippen LogP contribution in [-0.2, 0) is 19.8 Å². The van der Waals surface area contributed by atoms with E-state index in [1.807, 2.05) is 42.5 Å². The first-order valence-corrected chi connectivity index (χ1v) is 16.8. The maximum atomic E-state index is 6.46. The van der Waals surface area contributed by atoms with Crippen LogP contribution in [0.15, 0.2) is 103 Å². The van der Waals surface area contributed by atoms with Crippen LogP contribution in [0.1, 0.15) is 29.5 Å². The number of benzene rings is 4. The van der Waals surface area contributed by atoms with E-state index in [0.717, 1.165) is 92.5 Å². The fourth-order valence-electron chi connectivity index (χ4n) is 6.35. The lowest BCUT2D eigenvalue weighted by atomic mass is 10.0. The van der Waals surface area contributed by atoms with Crippen molar-refractivity contribution in [1.82, 2.24) is 19.8 Å². The Bertz CT molecular complexity index is 1720. The van der Waals surface area contributed by atoms with E-state index in [4.69, 9.17) is 19.4 Å². The summed E-state index contributed by atoms with van der Waals surface area (Å²) in [7, 11) is 2.17. The minimum atomic E-state index is 0.322. The molecule has 3 heterocycles. The van der Waals surface area contributed by atoms with E-state index in [1.54, 1.807) is 0 Å². The smallest absolute Gasteiger partial charge is 0.227 e. The normalized spacial score (nSPS) is 16.3. The SMILES string of the molecule is CN1CCN(c2nc(NC3CCN(Cc4ccccc4)CC3)c3cc(OCc4ccccc4)c(OCc4ccccc4)cc3n2)CC1. The van der Waals surface area contributed by atoms with Gasteiger partial charge in [0.15, 0.2) is 11.5 Å². The molecular formula is C39H44N6O2. The molecule has 0 spiro atoms. The van der Waals surface area contributed by atoms with Crippen molar-refractivity contribution in [3.05, 3.63) is 120 Å². The predicted octanol–water partition coefficient (Wildman–Crippen LogP) is 6.62. The van der Waals surface area contributed by atoms with Crippen molar-refractivity contribution in [1.29, 1.82) is 0 Å². The van der Waals surface area contributed by atoms with E-state index in [0.29, 0.717) is 30.8 Å². The first-order valence-electron chi connectivity index (χ1n) is 16.8. The Hall–Kier alpha value is -4.66. The largest absolute Gasteiger partial charge is 0.485 e. The molecule has 0 bridgehead atoms. The average molecular weight is 629 g/mol. The van der Waals surface area contributed by atoms with Crippen molar-refractivity contribution in [3.8, 4) is 11.5 Å². The molecule has 1 N–H and O–H groups in total. The summed E-state index contributed by atoms with van der Waals surface area (Å²) in [6, 6.07) is 35.7. The molecule has 0 saturated carbocycles. The Morgan fingerprint density at radius 2 is 1.21 bits per heavy atom. The molecule has 4 aromatic carbocycles. The number of aromatic nitrogens is 2. The number of ether oxygens (including phenoxy) is 2. The second-order valence-corrected chi connectivity index (χ2v) is 12.7. The standard InChI is InChI=1S/C39H44N6O2/c1-43-21-23-45(24-22-43)39-41-35-26-37(47-29-32-15-9-4-10-16-32)36(46-28-31-13-7-3-8-14-31)25-34(35)38(42-39)40-33-17-19-44(20-18-33)27-30-11-5-2-6-12-30/h2-16,25-26,33H,17-24,27-29H2,1H3,(H,40,41,42). The van der Waals surface area contributed by atoms with Crippen LogP contribution < -0.4 is 19.7 Å². The summed E-state index contributed by atoms with van der Waals surface area (Å²) in [4.78, 5) is 17.5. The molecule has 5 aromatic rings. The third kappa shape index (κ3) is 8.02.